The molecule has 0 fully saturated rings. The van der Waals surface area contributed by atoms with Crippen molar-refractivity contribution in [3.8, 4) is 5.69 Å². The van der Waals surface area contributed by atoms with E-state index in [4.69, 9.17) is 16.3 Å². The molecule has 0 atom stereocenters. The zero-order valence-electron chi connectivity index (χ0n) is 11.0. The minimum atomic E-state index is 0.423. The lowest BCUT2D eigenvalue weighted by molar-refractivity contribution is 0.178. The highest BCUT2D eigenvalue weighted by Gasteiger charge is 2.11. The summed E-state index contributed by atoms with van der Waals surface area (Å²) in [6.45, 7) is 0.423. The van der Waals surface area contributed by atoms with Crippen molar-refractivity contribution >= 4 is 23.4 Å². The van der Waals surface area contributed by atoms with E-state index in [2.05, 4.69) is 16.3 Å². The Kier molecular flexibility index (Phi) is 5.24. The van der Waals surface area contributed by atoms with Gasteiger partial charge in [0, 0.05) is 24.3 Å². The number of halogens is 1. The predicted molar refractivity (Wildman–Crippen MR) is 79.2 cm³/mol. The molecule has 1 heterocycles. The monoisotopic (exact) mass is 297 g/mol. The number of benzene rings is 1. The van der Waals surface area contributed by atoms with E-state index in [1.54, 1.807) is 18.9 Å². The van der Waals surface area contributed by atoms with Crippen molar-refractivity contribution in [1.29, 1.82) is 0 Å². The highest BCUT2D eigenvalue weighted by Crippen LogP contribution is 2.15. The van der Waals surface area contributed by atoms with Gasteiger partial charge in [-0.2, -0.15) is 11.8 Å². The number of methoxy groups -OCH3 is 1. The maximum atomic E-state index is 5.91. The zero-order valence-corrected chi connectivity index (χ0v) is 12.5. The first-order valence-corrected chi connectivity index (χ1v) is 7.70. The molecule has 1 aromatic carbocycles. The van der Waals surface area contributed by atoms with Crippen LogP contribution in [0.15, 0.2) is 24.3 Å². The van der Waals surface area contributed by atoms with Crippen molar-refractivity contribution < 1.29 is 4.74 Å². The number of aromatic nitrogens is 3. The Morgan fingerprint density at radius 3 is 2.68 bits per heavy atom. The summed E-state index contributed by atoms with van der Waals surface area (Å²) in [5.41, 5.74) is 0.968. The molecule has 0 saturated carbocycles. The SMILES string of the molecule is COCc1nc(CCSC)n(-c2ccc(Cl)cc2)n1. The Hall–Kier alpha value is -1.04. The van der Waals surface area contributed by atoms with Gasteiger partial charge in [0.25, 0.3) is 0 Å². The molecule has 19 heavy (non-hydrogen) atoms. The molecule has 0 aliphatic rings. The van der Waals surface area contributed by atoms with Crippen LogP contribution in [0.3, 0.4) is 0 Å². The highest BCUT2D eigenvalue weighted by atomic mass is 35.5. The molecular weight excluding hydrogens is 282 g/mol. The third-order valence-corrected chi connectivity index (χ3v) is 3.46. The quantitative estimate of drug-likeness (QED) is 0.822. The molecule has 1 aromatic heterocycles. The molecule has 0 bridgehead atoms. The molecule has 0 radical (unpaired) electrons. The first kappa shape index (κ1) is 14.4. The van der Waals surface area contributed by atoms with Gasteiger partial charge in [0.1, 0.15) is 12.4 Å². The number of thioether (sulfide) groups is 1. The molecule has 0 unspecified atom stereocenters. The molecule has 102 valence electrons. The van der Waals surface area contributed by atoms with Gasteiger partial charge in [-0.1, -0.05) is 11.6 Å². The van der Waals surface area contributed by atoms with Crippen LogP contribution in [0.25, 0.3) is 5.69 Å². The van der Waals surface area contributed by atoms with E-state index in [1.807, 2.05) is 28.9 Å². The first-order valence-electron chi connectivity index (χ1n) is 5.93. The molecule has 0 aliphatic heterocycles. The van der Waals surface area contributed by atoms with Crippen LogP contribution in [0.4, 0.5) is 0 Å². The fourth-order valence-electron chi connectivity index (χ4n) is 1.73. The van der Waals surface area contributed by atoms with Gasteiger partial charge in [-0.05, 0) is 30.5 Å². The second kappa shape index (κ2) is 6.93. The largest absolute Gasteiger partial charge is 0.377 e. The Labute approximate surface area is 122 Å². The van der Waals surface area contributed by atoms with E-state index < -0.39 is 0 Å². The van der Waals surface area contributed by atoms with Crippen molar-refractivity contribution in [2.45, 2.75) is 13.0 Å². The lowest BCUT2D eigenvalue weighted by atomic mass is 10.3. The Bertz CT molecular complexity index is 527. The van der Waals surface area contributed by atoms with Gasteiger partial charge in [-0.25, -0.2) is 9.67 Å². The molecule has 0 saturated heterocycles. The Morgan fingerprint density at radius 2 is 2.05 bits per heavy atom. The summed E-state index contributed by atoms with van der Waals surface area (Å²) in [5.74, 6) is 2.66. The summed E-state index contributed by atoms with van der Waals surface area (Å²) in [7, 11) is 1.64. The topological polar surface area (TPSA) is 39.9 Å². The normalized spacial score (nSPS) is 10.9. The van der Waals surface area contributed by atoms with Gasteiger partial charge in [-0.3, -0.25) is 0 Å². The molecule has 6 heteroatoms. The smallest absolute Gasteiger partial charge is 0.176 e. The molecule has 2 aromatic rings. The number of hydrogen-bond donors (Lipinski definition) is 0. The molecular formula is C13H16ClN3OS. The Balaban J connectivity index is 2.32. The van der Waals surface area contributed by atoms with Crippen molar-refractivity contribution in [3.63, 3.8) is 0 Å². The summed E-state index contributed by atoms with van der Waals surface area (Å²) < 4.78 is 6.95. The van der Waals surface area contributed by atoms with E-state index in [-0.39, 0.29) is 0 Å². The third kappa shape index (κ3) is 3.72. The first-order chi connectivity index (χ1) is 9.24. The number of hydrogen-bond acceptors (Lipinski definition) is 4. The second-order valence-electron chi connectivity index (χ2n) is 4.01. The van der Waals surface area contributed by atoms with E-state index in [0.717, 1.165) is 23.7 Å². The van der Waals surface area contributed by atoms with Crippen molar-refractivity contribution in [2.24, 2.45) is 0 Å². The average molecular weight is 298 g/mol. The van der Waals surface area contributed by atoms with Crippen LogP contribution >= 0.6 is 23.4 Å². The molecule has 4 nitrogen and oxygen atoms in total. The van der Waals surface area contributed by atoms with Gasteiger partial charge in [0.2, 0.25) is 0 Å². The molecule has 0 amide bonds. The Morgan fingerprint density at radius 1 is 1.32 bits per heavy atom. The van der Waals surface area contributed by atoms with Crippen LogP contribution < -0.4 is 0 Å². The van der Waals surface area contributed by atoms with Crippen molar-refractivity contribution in [3.05, 3.63) is 40.9 Å². The van der Waals surface area contributed by atoms with E-state index in [0.29, 0.717) is 17.5 Å². The maximum absolute atomic E-state index is 5.91. The summed E-state index contributed by atoms with van der Waals surface area (Å²) in [5, 5.41) is 5.20. The minimum absolute atomic E-state index is 0.423. The van der Waals surface area contributed by atoms with E-state index in [1.165, 1.54) is 0 Å². The molecule has 0 spiro atoms. The average Bonchev–Trinajstić information content (AvgIpc) is 2.81. The molecule has 2 rings (SSSR count). The minimum Gasteiger partial charge on any atom is -0.377 e. The van der Waals surface area contributed by atoms with Crippen molar-refractivity contribution in [2.75, 3.05) is 19.1 Å². The lowest BCUT2D eigenvalue weighted by Crippen LogP contribution is -2.04. The molecule has 0 N–H and O–H groups in total. The van der Waals surface area contributed by atoms with Gasteiger partial charge in [0.05, 0.1) is 5.69 Å². The predicted octanol–water partition coefficient (Wildman–Crippen LogP) is 2.97. The number of rotatable bonds is 6. The van der Waals surface area contributed by atoms with Crippen LogP contribution in [0.2, 0.25) is 5.02 Å². The van der Waals surface area contributed by atoms with Gasteiger partial charge in [0.15, 0.2) is 5.82 Å². The van der Waals surface area contributed by atoms with Crippen LogP contribution in [0, 0.1) is 0 Å². The fraction of sp³-hybridized carbons (Fsp3) is 0.385. The molecule has 0 aliphatic carbocycles. The standard InChI is InChI=1S/C13H16ClN3OS/c1-18-9-12-15-13(7-8-19-2)17(16-12)11-5-3-10(14)4-6-11/h3-6H,7-9H2,1-2H3. The van der Waals surface area contributed by atoms with Gasteiger partial charge >= 0.3 is 0 Å². The van der Waals surface area contributed by atoms with Crippen LogP contribution in [-0.2, 0) is 17.8 Å². The second-order valence-corrected chi connectivity index (χ2v) is 5.43. The number of nitrogens with zero attached hydrogens (tertiary/aromatic N) is 3. The summed E-state index contributed by atoms with van der Waals surface area (Å²) in [6, 6.07) is 7.59. The van der Waals surface area contributed by atoms with E-state index >= 15 is 0 Å². The third-order valence-electron chi connectivity index (χ3n) is 2.59. The zero-order chi connectivity index (χ0) is 13.7. The lowest BCUT2D eigenvalue weighted by Gasteiger charge is -2.05. The number of ether oxygens (including phenoxy) is 1. The summed E-state index contributed by atoms with van der Waals surface area (Å²) in [4.78, 5) is 4.52. The number of aryl methyl sites for hydroxylation is 1. The van der Waals surface area contributed by atoms with Gasteiger partial charge in [-0.15, -0.1) is 5.10 Å². The summed E-state index contributed by atoms with van der Waals surface area (Å²) in [6.07, 6.45) is 2.96. The van der Waals surface area contributed by atoms with E-state index in [9.17, 15) is 0 Å². The summed E-state index contributed by atoms with van der Waals surface area (Å²) >= 11 is 7.70. The van der Waals surface area contributed by atoms with Crippen LogP contribution in [0.5, 0.6) is 0 Å². The van der Waals surface area contributed by atoms with Gasteiger partial charge < -0.3 is 4.74 Å². The van der Waals surface area contributed by atoms with Crippen LogP contribution in [0.1, 0.15) is 11.6 Å². The van der Waals surface area contributed by atoms with Crippen molar-refractivity contribution in [1.82, 2.24) is 14.8 Å². The van der Waals surface area contributed by atoms with Crippen LogP contribution in [-0.4, -0.2) is 33.9 Å². The highest BCUT2D eigenvalue weighted by molar-refractivity contribution is 7.98. The maximum Gasteiger partial charge on any atom is 0.176 e. The fourth-order valence-corrected chi connectivity index (χ4v) is 2.24.